The second-order valence-electron chi connectivity index (χ2n) is 8.00. The second kappa shape index (κ2) is 8.01. The molecular formula is C26H19BrN2O3S. The molecular weight excluding hydrogens is 500 g/mol. The topological polar surface area (TPSA) is 56.7 Å². The summed E-state index contributed by atoms with van der Waals surface area (Å²) in [5.41, 5.74) is 5.45. The fourth-order valence-corrected chi connectivity index (χ4v) is 6.03. The standard InChI is InChI=1S/C26H19BrN2O3S/c1-31-20-9-5-4-8-18(20)24-19-12-10-15-6-2-3-7-17(15)23(19)28-26-29(24)25(30)21(33-26)14-16-11-13-22(27)32-16/h2-9,11,13-14,24H,10,12H2,1H3/b21-14-/t24-/m1/s1. The molecule has 164 valence electrons. The Morgan fingerprint density at radius 3 is 2.76 bits per heavy atom. The third kappa shape index (κ3) is 3.34. The lowest BCUT2D eigenvalue weighted by molar-refractivity contribution is 0.402. The van der Waals surface area contributed by atoms with E-state index in [1.807, 2.05) is 47.0 Å². The second-order valence-corrected chi connectivity index (χ2v) is 9.79. The monoisotopic (exact) mass is 518 g/mol. The van der Waals surface area contributed by atoms with Gasteiger partial charge in [0.2, 0.25) is 0 Å². The van der Waals surface area contributed by atoms with Gasteiger partial charge in [0, 0.05) is 17.2 Å². The lowest BCUT2D eigenvalue weighted by atomic mass is 9.83. The number of aryl methyl sites for hydroxylation is 1. The average molecular weight is 519 g/mol. The maximum Gasteiger partial charge on any atom is 0.271 e. The van der Waals surface area contributed by atoms with Crippen LogP contribution in [0.1, 0.15) is 34.9 Å². The molecule has 2 aliphatic rings. The predicted molar refractivity (Wildman–Crippen MR) is 132 cm³/mol. The Bertz CT molecular complexity index is 1610. The minimum Gasteiger partial charge on any atom is -0.496 e. The molecule has 0 fully saturated rings. The van der Waals surface area contributed by atoms with Gasteiger partial charge >= 0.3 is 0 Å². The highest BCUT2D eigenvalue weighted by molar-refractivity contribution is 9.10. The highest BCUT2D eigenvalue weighted by atomic mass is 79.9. The largest absolute Gasteiger partial charge is 0.496 e. The van der Waals surface area contributed by atoms with Crippen LogP contribution in [0, 0.1) is 0 Å². The quantitative estimate of drug-likeness (QED) is 0.395. The molecule has 33 heavy (non-hydrogen) atoms. The van der Waals surface area contributed by atoms with Crippen LogP contribution in [-0.2, 0) is 6.42 Å². The van der Waals surface area contributed by atoms with E-state index in [0.717, 1.165) is 41.0 Å². The number of benzene rings is 2. The number of methoxy groups -OCH3 is 1. The van der Waals surface area contributed by atoms with Crippen molar-refractivity contribution in [2.24, 2.45) is 4.99 Å². The summed E-state index contributed by atoms with van der Waals surface area (Å²) >= 11 is 4.71. The Morgan fingerprint density at radius 2 is 1.94 bits per heavy atom. The van der Waals surface area contributed by atoms with Crippen molar-refractivity contribution < 1.29 is 9.15 Å². The number of thiazole rings is 1. The van der Waals surface area contributed by atoms with Crippen LogP contribution in [0.4, 0.5) is 0 Å². The number of hydrogen-bond donors (Lipinski definition) is 0. The Kier molecular flexibility index (Phi) is 4.96. The van der Waals surface area contributed by atoms with Gasteiger partial charge in [0.15, 0.2) is 9.47 Å². The van der Waals surface area contributed by atoms with Gasteiger partial charge in [-0.25, -0.2) is 4.99 Å². The first kappa shape index (κ1) is 20.4. The molecule has 7 heteroatoms. The van der Waals surface area contributed by atoms with Crippen molar-refractivity contribution in [3.63, 3.8) is 0 Å². The van der Waals surface area contributed by atoms with Crippen molar-refractivity contribution in [1.29, 1.82) is 0 Å². The number of nitrogens with zero attached hydrogens (tertiary/aromatic N) is 2. The van der Waals surface area contributed by atoms with E-state index >= 15 is 0 Å². The molecule has 3 heterocycles. The highest BCUT2D eigenvalue weighted by Gasteiger charge is 2.33. The third-order valence-electron chi connectivity index (χ3n) is 6.17. The molecule has 0 N–H and O–H groups in total. The molecule has 0 saturated heterocycles. The Hall–Kier alpha value is -3.16. The maximum atomic E-state index is 13.7. The summed E-state index contributed by atoms with van der Waals surface area (Å²) in [4.78, 5) is 19.4. The Labute approximate surface area is 202 Å². The van der Waals surface area contributed by atoms with Gasteiger partial charge in [-0.1, -0.05) is 53.8 Å². The van der Waals surface area contributed by atoms with Crippen LogP contribution in [0.5, 0.6) is 5.75 Å². The number of furan rings is 1. The molecule has 6 rings (SSSR count). The van der Waals surface area contributed by atoms with Crippen molar-refractivity contribution in [2.45, 2.75) is 18.9 Å². The first-order chi connectivity index (χ1) is 16.1. The third-order valence-corrected chi connectivity index (χ3v) is 7.58. The fourth-order valence-electron chi connectivity index (χ4n) is 4.73. The SMILES string of the molecule is COc1ccccc1[C@@H]1C2=C(N=c3s/c(=C\c4ccc(Br)o4)c(=O)n31)c1ccccc1CC2. The highest BCUT2D eigenvalue weighted by Crippen LogP contribution is 2.43. The number of rotatable bonds is 3. The zero-order chi connectivity index (χ0) is 22.5. The summed E-state index contributed by atoms with van der Waals surface area (Å²) in [7, 11) is 1.67. The van der Waals surface area contributed by atoms with Gasteiger partial charge in [-0.15, -0.1) is 0 Å². The van der Waals surface area contributed by atoms with E-state index < -0.39 is 0 Å². The predicted octanol–water partition coefficient (Wildman–Crippen LogP) is 4.68. The fraction of sp³-hybridized carbons (Fsp3) is 0.154. The molecule has 1 atom stereocenters. The molecule has 2 aromatic carbocycles. The summed E-state index contributed by atoms with van der Waals surface area (Å²) in [6.07, 6.45) is 3.54. The first-order valence-electron chi connectivity index (χ1n) is 10.7. The van der Waals surface area contributed by atoms with Crippen molar-refractivity contribution in [2.75, 3.05) is 7.11 Å². The molecule has 5 nitrogen and oxygen atoms in total. The number of allylic oxidation sites excluding steroid dienone is 1. The average Bonchev–Trinajstić information content (AvgIpc) is 3.40. The van der Waals surface area contributed by atoms with E-state index in [-0.39, 0.29) is 11.6 Å². The van der Waals surface area contributed by atoms with Crippen LogP contribution < -0.4 is 19.6 Å². The van der Waals surface area contributed by atoms with Crippen LogP contribution in [0.3, 0.4) is 0 Å². The van der Waals surface area contributed by atoms with Crippen LogP contribution in [0.15, 0.2) is 85.1 Å². The number of ether oxygens (including phenoxy) is 1. The van der Waals surface area contributed by atoms with E-state index in [1.165, 1.54) is 16.9 Å². The van der Waals surface area contributed by atoms with Crippen molar-refractivity contribution in [3.8, 4) is 5.75 Å². The Morgan fingerprint density at radius 1 is 1.12 bits per heavy atom. The molecule has 2 aromatic heterocycles. The number of para-hydroxylation sites is 1. The minimum absolute atomic E-state index is 0.0763. The van der Waals surface area contributed by atoms with Gasteiger partial charge in [0.25, 0.3) is 5.56 Å². The summed E-state index contributed by atoms with van der Waals surface area (Å²) in [5, 5.41) is 0. The summed E-state index contributed by atoms with van der Waals surface area (Å²) in [5.74, 6) is 1.38. The molecule has 1 aliphatic heterocycles. The maximum absolute atomic E-state index is 13.7. The molecule has 1 aliphatic carbocycles. The molecule has 0 unspecified atom stereocenters. The van der Waals surface area contributed by atoms with Crippen LogP contribution >= 0.6 is 27.3 Å². The molecule has 4 aromatic rings. The smallest absolute Gasteiger partial charge is 0.271 e. The number of halogens is 1. The van der Waals surface area contributed by atoms with Gasteiger partial charge in [-0.3, -0.25) is 9.36 Å². The molecule has 0 amide bonds. The van der Waals surface area contributed by atoms with Crippen LogP contribution in [0.2, 0.25) is 0 Å². The number of aromatic nitrogens is 1. The molecule has 0 spiro atoms. The molecule has 0 saturated carbocycles. The summed E-state index contributed by atoms with van der Waals surface area (Å²) < 4.78 is 14.4. The summed E-state index contributed by atoms with van der Waals surface area (Å²) in [6.45, 7) is 0. The van der Waals surface area contributed by atoms with Gasteiger partial charge in [0.1, 0.15) is 11.5 Å². The van der Waals surface area contributed by atoms with Gasteiger partial charge < -0.3 is 9.15 Å². The summed E-state index contributed by atoms with van der Waals surface area (Å²) in [6, 6.07) is 19.7. The minimum atomic E-state index is -0.272. The van der Waals surface area contributed by atoms with Gasteiger partial charge in [-0.05, 0) is 58.1 Å². The van der Waals surface area contributed by atoms with Crippen molar-refractivity contribution in [3.05, 3.63) is 113 Å². The lowest BCUT2D eigenvalue weighted by Gasteiger charge is -2.31. The van der Waals surface area contributed by atoms with Crippen LogP contribution in [-0.4, -0.2) is 11.7 Å². The zero-order valence-corrected chi connectivity index (χ0v) is 20.2. The normalized spacial score (nSPS) is 17.3. The van der Waals surface area contributed by atoms with E-state index in [9.17, 15) is 4.79 Å². The van der Waals surface area contributed by atoms with Crippen LogP contribution in [0.25, 0.3) is 11.8 Å². The van der Waals surface area contributed by atoms with Gasteiger partial charge in [-0.2, -0.15) is 0 Å². The van der Waals surface area contributed by atoms with E-state index in [0.29, 0.717) is 19.8 Å². The van der Waals surface area contributed by atoms with E-state index in [2.05, 4.69) is 34.1 Å². The molecule has 0 bridgehead atoms. The Balaban J connectivity index is 1.66. The number of hydrogen-bond acceptors (Lipinski definition) is 5. The van der Waals surface area contributed by atoms with E-state index in [4.69, 9.17) is 14.1 Å². The van der Waals surface area contributed by atoms with Gasteiger partial charge in [0.05, 0.1) is 23.4 Å². The lowest BCUT2D eigenvalue weighted by Crippen LogP contribution is -2.38. The molecule has 0 radical (unpaired) electrons. The number of fused-ring (bicyclic) bond motifs is 3. The first-order valence-corrected chi connectivity index (χ1v) is 12.3. The van der Waals surface area contributed by atoms with Crippen molar-refractivity contribution in [1.82, 2.24) is 4.57 Å². The van der Waals surface area contributed by atoms with E-state index in [1.54, 1.807) is 13.2 Å². The zero-order valence-electron chi connectivity index (χ0n) is 17.7. The van der Waals surface area contributed by atoms with Crippen molar-refractivity contribution >= 4 is 39.0 Å².